The number of nitrogen functional groups attached to an aromatic ring is 1. The Labute approximate surface area is 123 Å². The second kappa shape index (κ2) is 5.17. The minimum atomic E-state index is -0.964. The van der Waals surface area contributed by atoms with E-state index in [2.05, 4.69) is 4.90 Å². The summed E-state index contributed by atoms with van der Waals surface area (Å²) in [5.74, 6) is -0.285. The lowest BCUT2D eigenvalue weighted by Gasteiger charge is -2.34. The van der Waals surface area contributed by atoms with Crippen molar-refractivity contribution >= 4 is 28.9 Å². The monoisotopic (exact) mass is 294 g/mol. The number of fused-ring (bicyclic) bond motifs is 1. The number of hydrogen-bond acceptors (Lipinski definition) is 3. The first kappa shape index (κ1) is 13.6. The smallest absolute Gasteiger partial charge is 0.337 e. The predicted molar refractivity (Wildman–Crippen MR) is 80.5 cm³/mol. The van der Waals surface area contributed by atoms with Crippen LogP contribution in [0, 0.1) is 5.92 Å². The number of nitrogens with zero attached hydrogens (tertiary/aromatic N) is 1. The summed E-state index contributed by atoms with van der Waals surface area (Å²) in [6, 6.07) is 3.60. The van der Waals surface area contributed by atoms with Crippen molar-refractivity contribution in [2.75, 3.05) is 17.2 Å². The molecule has 1 aliphatic carbocycles. The average molecular weight is 295 g/mol. The molecule has 1 saturated heterocycles. The van der Waals surface area contributed by atoms with Gasteiger partial charge in [-0.1, -0.05) is 24.4 Å². The van der Waals surface area contributed by atoms with Crippen LogP contribution in [0.25, 0.3) is 0 Å². The molecule has 0 spiro atoms. The van der Waals surface area contributed by atoms with E-state index >= 15 is 0 Å². The van der Waals surface area contributed by atoms with Crippen molar-refractivity contribution in [2.24, 2.45) is 5.92 Å². The molecule has 20 heavy (non-hydrogen) atoms. The average Bonchev–Trinajstić information content (AvgIpc) is 2.81. The Balaban J connectivity index is 2.03. The van der Waals surface area contributed by atoms with E-state index < -0.39 is 5.97 Å². The van der Waals surface area contributed by atoms with Crippen LogP contribution in [0.4, 0.5) is 11.4 Å². The fourth-order valence-electron chi connectivity index (χ4n) is 3.76. The molecule has 2 atom stereocenters. The molecule has 0 radical (unpaired) electrons. The molecular formula is C15H19ClN2O2. The predicted octanol–water partition coefficient (Wildman–Crippen LogP) is 3.39. The zero-order valence-corrected chi connectivity index (χ0v) is 12.1. The Morgan fingerprint density at radius 2 is 2.05 bits per heavy atom. The highest BCUT2D eigenvalue weighted by atomic mass is 35.5. The number of halogens is 1. The van der Waals surface area contributed by atoms with E-state index in [0.29, 0.717) is 28.4 Å². The van der Waals surface area contributed by atoms with Crippen molar-refractivity contribution in [2.45, 2.75) is 38.1 Å². The molecule has 3 rings (SSSR count). The highest BCUT2D eigenvalue weighted by Crippen LogP contribution is 2.43. The zero-order chi connectivity index (χ0) is 14.3. The molecule has 0 amide bonds. The van der Waals surface area contributed by atoms with E-state index in [0.717, 1.165) is 19.4 Å². The van der Waals surface area contributed by atoms with E-state index in [-0.39, 0.29) is 5.56 Å². The standard InChI is InChI=1S/C15H19ClN2O2/c16-12-8-10(17)7-11(15(19)20)14(12)18-6-5-9-3-1-2-4-13(9)18/h7-9,13H,1-6,17H2,(H,19,20). The minimum absolute atomic E-state index is 0.223. The lowest BCUT2D eigenvalue weighted by Crippen LogP contribution is -2.35. The molecule has 1 aliphatic heterocycles. The second-order valence-electron chi connectivity index (χ2n) is 5.80. The van der Waals surface area contributed by atoms with Gasteiger partial charge in [0, 0.05) is 18.3 Å². The van der Waals surface area contributed by atoms with Crippen molar-refractivity contribution in [1.82, 2.24) is 0 Å². The Morgan fingerprint density at radius 3 is 2.80 bits per heavy atom. The second-order valence-corrected chi connectivity index (χ2v) is 6.21. The normalized spacial score (nSPS) is 25.6. The van der Waals surface area contributed by atoms with Crippen molar-refractivity contribution in [1.29, 1.82) is 0 Å². The summed E-state index contributed by atoms with van der Waals surface area (Å²) in [5.41, 5.74) is 7.01. The number of hydrogen-bond donors (Lipinski definition) is 2. The number of carbonyl (C=O) groups is 1. The number of anilines is 2. The van der Waals surface area contributed by atoms with Gasteiger partial charge in [-0.15, -0.1) is 0 Å². The molecule has 2 unspecified atom stereocenters. The third-order valence-electron chi connectivity index (χ3n) is 4.61. The van der Waals surface area contributed by atoms with Crippen molar-refractivity contribution < 1.29 is 9.90 Å². The zero-order valence-electron chi connectivity index (χ0n) is 11.3. The van der Waals surface area contributed by atoms with Crippen LogP contribution in [0.2, 0.25) is 5.02 Å². The highest BCUT2D eigenvalue weighted by Gasteiger charge is 2.38. The van der Waals surface area contributed by atoms with Crippen LogP contribution in [-0.4, -0.2) is 23.7 Å². The summed E-state index contributed by atoms with van der Waals surface area (Å²) in [5, 5.41) is 9.88. The van der Waals surface area contributed by atoms with Gasteiger partial charge in [-0.05, 0) is 37.3 Å². The molecule has 108 valence electrons. The first-order valence-corrected chi connectivity index (χ1v) is 7.54. The van der Waals surface area contributed by atoms with E-state index in [1.54, 1.807) is 6.07 Å². The minimum Gasteiger partial charge on any atom is -0.478 e. The Kier molecular flexibility index (Phi) is 3.50. The van der Waals surface area contributed by atoms with Crippen molar-refractivity contribution in [3.63, 3.8) is 0 Å². The largest absolute Gasteiger partial charge is 0.478 e. The van der Waals surface area contributed by atoms with E-state index in [1.165, 1.54) is 25.3 Å². The number of carboxylic acid groups (broad SMARTS) is 1. The van der Waals surface area contributed by atoms with Gasteiger partial charge in [0.2, 0.25) is 0 Å². The molecule has 1 saturated carbocycles. The molecule has 3 N–H and O–H groups in total. The summed E-state index contributed by atoms with van der Waals surface area (Å²) in [7, 11) is 0. The fraction of sp³-hybridized carbons (Fsp3) is 0.533. The number of rotatable bonds is 2. The Morgan fingerprint density at radius 1 is 1.30 bits per heavy atom. The van der Waals surface area contributed by atoms with Gasteiger partial charge >= 0.3 is 5.97 Å². The van der Waals surface area contributed by atoms with Gasteiger partial charge in [0.15, 0.2) is 0 Å². The van der Waals surface area contributed by atoms with Crippen LogP contribution >= 0.6 is 11.6 Å². The maximum Gasteiger partial charge on any atom is 0.337 e. The molecule has 1 heterocycles. The van der Waals surface area contributed by atoms with Crippen molar-refractivity contribution in [3.05, 3.63) is 22.7 Å². The molecular weight excluding hydrogens is 276 g/mol. The van der Waals surface area contributed by atoms with Crippen LogP contribution in [0.1, 0.15) is 42.5 Å². The number of benzene rings is 1. The molecule has 5 heteroatoms. The third-order valence-corrected chi connectivity index (χ3v) is 4.90. The first-order chi connectivity index (χ1) is 9.58. The Bertz CT molecular complexity index is 547. The fourth-order valence-corrected chi connectivity index (χ4v) is 4.09. The van der Waals surface area contributed by atoms with E-state index in [4.69, 9.17) is 17.3 Å². The van der Waals surface area contributed by atoms with Gasteiger partial charge in [-0.25, -0.2) is 4.79 Å². The van der Waals surface area contributed by atoms with Crippen LogP contribution in [0.15, 0.2) is 12.1 Å². The molecule has 2 fully saturated rings. The molecule has 1 aromatic rings. The van der Waals surface area contributed by atoms with Crippen LogP contribution in [0.5, 0.6) is 0 Å². The highest BCUT2D eigenvalue weighted by molar-refractivity contribution is 6.34. The van der Waals surface area contributed by atoms with Crippen LogP contribution in [0.3, 0.4) is 0 Å². The SMILES string of the molecule is Nc1cc(Cl)c(N2CCC3CCCCC32)c(C(=O)O)c1. The summed E-state index contributed by atoms with van der Waals surface area (Å²) in [6.45, 7) is 0.888. The van der Waals surface area contributed by atoms with Gasteiger partial charge in [0.25, 0.3) is 0 Å². The first-order valence-electron chi connectivity index (χ1n) is 7.17. The number of aromatic carboxylic acids is 1. The summed E-state index contributed by atoms with van der Waals surface area (Å²) >= 11 is 6.30. The molecule has 0 bridgehead atoms. The topological polar surface area (TPSA) is 66.6 Å². The van der Waals surface area contributed by atoms with Gasteiger partial charge in [0.1, 0.15) is 0 Å². The number of nitrogens with two attached hydrogens (primary N) is 1. The lowest BCUT2D eigenvalue weighted by atomic mass is 9.85. The van der Waals surface area contributed by atoms with Gasteiger partial charge in [-0.3, -0.25) is 0 Å². The van der Waals surface area contributed by atoms with E-state index in [1.807, 2.05) is 0 Å². The Hall–Kier alpha value is -1.42. The van der Waals surface area contributed by atoms with Gasteiger partial charge < -0.3 is 15.7 Å². The molecule has 0 aromatic heterocycles. The lowest BCUT2D eigenvalue weighted by molar-refractivity contribution is 0.0697. The number of carboxylic acids is 1. The van der Waals surface area contributed by atoms with Gasteiger partial charge in [0.05, 0.1) is 16.3 Å². The maximum atomic E-state index is 11.5. The van der Waals surface area contributed by atoms with Crippen LogP contribution in [-0.2, 0) is 0 Å². The third kappa shape index (κ3) is 2.22. The summed E-state index contributed by atoms with van der Waals surface area (Å²) < 4.78 is 0. The molecule has 2 aliphatic rings. The van der Waals surface area contributed by atoms with Gasteiger partial charge in [-0.2, -0.15) is 0 Å². The quantitative estimate of drug-likeness (QED) is 0.821. The van der Waals surface area contributed by atoms with E-state index in [9.17, 15) is 9.90 Å². The molecule has 4 nitrogen and oxygen atoms in total. The molecule has 1 aromatic carbocycles. The van der Waals surface area contributed by atoms with Crippen molar-refractivity contribution in [3.8, 4) is 0 Å². The maximum absolute atomic E-state index is 11.5. The summed E-state index contributed by atoms with van der Waals surface area (Å²) in [6.07, 6.45) is 6.01. The van der Waals surface area contributed by atoms with Crippen LogP contribution < -0.4 is 10.6 Å². The summed E-state index contributed by atoms with van der Waals surface area (Å²) in [4.78, 5) is 13.7.